The number of carbonyl (C=O) groups is 2. The summed E-state index contributed by atoms with van der Waals surface area (Å²) in [5.41, 5.74) is 3.46. The number of carbonyl (C=O) groups excluding carboxylic acids is 2. The molecule has 1 unspecified atom stereocenters. The Hall–Kier alpha value is -3.85. The van der Waals surface area contributed by atoms with E-state index in [0.29, 0.717) is 27.8 Å². The maximum Gasteiger partial charge on any atom is 0.264 e. The first-order valence-electron chi connectivity index (χ1n) is 15.2. The summed E-state index contributed by atoms with van der Waals surface area (Å²) in [6.45, 7) is 5.63. The van der Waals surface area contributed by atoms with Crippen molar-refractivity contribution in [3.8, 4) is 0 Å². The molecule has 0 aliphatic carbocycles. The first-order valence-corrected chi connectivity index (χ1v) is 17.4. The van der Waals surface area contributed by atoms with Crippen LogP contribution in [0, 0.1) is 13.8 Å². The van der Waals surface area contributed by atoms with E-state index in [1.165, 1.54) is 17.0 Å². The molecular weight excluding hydrogens is 641 g/mol. The quantitative estimate of drug-likeness (QED) is 0.141. The van der Waals surface area contributed by atoms with Gasteiger partial charge in [-0.1, -0.05) is 97.2 Å². The van der Waals surface area contributed by atoms with Crippen LogP contribution >= 0.6 is 23.2 Å². The molecule has 242 valence electrons. The molecule has 0 radical (unpaired) electrons. The Morgan fingerprint density at radius 2 is 1.48 bits per heavy atom. The molecule has 0 saturated carbocycles. The molecule has 46 heavy (non-hydrogen) atoms. The molecule has 1 N–H and O–H groups in total. The van der Waals surface area contributed by atoms with E-state index >= 15 is 0 Å². The van der Waals surface area contributed by atoms with E-state index in [0.717, 1.165) is 33.8 Å². The lowest BCUT2D eigenvalue weighted by Crippen LogP contribution is -2.53. The molecule has 1 atom stereocenters. The first-order chi connectivity index (χ1) is 22.0. The minimum atomic E-state index is -4.18. The van der Waals surface area contributed by atoms with Crippen molar-refractivity contribution in [2.24, 2.45) is 0 Å². The standard InChI is InChI=1S/C36H39Cl2N3O4S/c1-4-5-18-39-36(43)34(22-28-12-8-6-9-13-28)40(24-29-16-17-30(37)23-33(29)38)35(42)25-41(31-20-26(2)19-27(3)21-31)46(44,45)32-14-10-7-11-15-32/h6-17,19-21,23,34H,4-5,18,22,24-25H2,1-3H3,(H,39,43). The molecule has 0 heterocycles. The number of aryl methyl sites for hydroxylation is 2. The van der Waals surface area contributed by atoms with Gasteiger partial charge >= 0.3 is 0 Å². The maximum absolute atomic E-state index is 14.6. The predicted molar refractivity (Wildman–Crippen MR) is 186 cm³/mol. The second-order valence-corrected chi connectivity index (χ2v) is 14.0. The highest BCUT2D eigenvalue weighted by Gasteiger charge is 2.35. The molecule has 4 aromatic carbocycles. The number of anilines is 1. The highest BCUT2D eigenvalue weighted by molar-refractivity contribution is 7.92. The van der Waals surface area contributed by atoms with Crippen molar-refractivity contribution < 1.29 is 18.0 Å². The number of unbranched alkanes of at least 4 members (excludes halogenated alkanes) is 1. The minimum Gasteiger partial charge on any atom is -0.354 e. The van der Waals surface area contributed by atoms with Gasteiger partial charge in [0.2, 0.25) is 11.8 Å². The topological polar surface area (TPSA) is 86.8 Å². The van der Waals surface area contributed by atoms with Crippen molar-refractivity contribution in [1.29, 1.82) is 0 Å². The molecule has 2 amide bonds. The average Bonchev–Trinajstić information content (AvgIpc) is 3.02. The highest BCUT2D eigenvalue weighted by Crippen LogP contribution is 2.28. The van der Waals surface area contributed by atoms with Crippen LogP contribution in [0.5, 0.6) is 0 Å². The van der Waals surface area contributed by atoms with Crippen molar-refractivity contribution in [3.05, 3.63) is 129 Å². The number of amides is 2. The monoisotopic (exact) mass is 679 g/mol. The second-order valence-electron chi connectivity index (χ2n) is 11.3. The van der Waals surface area contributed by atoms with Gasteiger partial charge in [0, 0.05) is 29.6 Å². The van der Waals surface area contributed by atoms with E-state index in [2.05, 4.69) is 5.32 Å². The Kier molecular flexibility index (Phi) is 12.3. The molecule has 0 saturated heterocycles. The number of halogens is 2. The Bertz CT molecular complexity index is 1730. The molecule has 4 rings (SSSR count). The van der Waals surface area contributed by atoms with Crippen molar-refractivity contribution in [1.82, 2.24) is 10.2 Å². The zero-order valence-corrected chi connectivity index (χ0v) is 28.6. The normalized spacial score (nSPS) is 11.9. The van der Waals surface area contributed by atoms with E-state index in [-0.39, 0.29) is 23.8 Å². The van der Waals surface area contributed by atoms with Crippen molar-refractivity contribution in [3.63, 3.8) is 0 Å². The largest absolute Gasteiger partial charge is 0.354 e. The third-order valence-corrected chi connectivity index (χ3v) is 9.94. The Balaban J connectivity index is 1.82. The number of nitrogens with zero attached hydrogens (tertiary/aromatic N) is 2. The Morgan fingerprint density at radius 3 is 2.09 bits per heavy atom. The lowest BCUT2D eigenvalue weighted by molar-refractivity contribution is -0.140. The second kappa shape index (κ2) is 16.1. The van der Waals surface area contributed by atoms with Gasteiger partial charge in [0.15, 0.2) is 0 Å². The molecular formula is C36H39Cl2N3O4S. The van der Waals surface area contributed by atoms with Crippen LogP contribution < -0.4 is 9.62 Å². The van der Waals surface area contributed by atoms with E-state index in [1.54, 1.807) is 48.5 Å². The zero-order valence-electron chi connectivity index (χ0n) is 26.2. The molecule has 0 spiro atoms. The van der Waals surface area contributed by atoms with Gasteiger partial charge in [-0.05, 0) is 78.9 Å². The lowest BCUT2D eigenvalue weighted by atomic mass is 10.0. The van der Waals surface area contributed by atoms with Crippen molar-refractivity contribution >= 4 is 50.7 Å². The molecule has 10 heteroatoms. The molecule has 0 aliphatic heterocycles. The fourth-order valence-electron chi connectivity index (χ4n) is 5.24. The zero-order chi connectivity index (χ0) is 33.3. The van der Waals surface area contributed by atoms with Crippen LogP contribution in [0.4, 0.5) is 5.69 Å². The molecule has 0 bridgehead atoms. The van der Waals surface area contributed by atoms with Gasteiger partial charge in [0.25, 0.3) is 10.0 Å². The smallest absolute Gasteiger partial charge is 0.264 e. The van der Waals surface area contributed by atoms with Crippen molar-refractivity contribution in [2.75, 3.05) is 17.4 Å². The summed E-state index contributed by atoms with van der Waals surface area (Å²) in [6.07, 6.45) is 1.87. The van der Waals surface area contributed by atoms with Gasteiger partial charge in [-0.2, -0.15) is 0 Å². The molecule has 4 aromatic rings. The maximum atomic E-state index is 14.6. The average molecular weight is 681 g/mol. The summed E-state index contributed by atoms with van der Waals surface area (Å²) in [5, 5.41) is 3.75. The van der Waals surface area contributed by atoms with E-state index in [4.69, 9.17) is 23.2 Å². The van der Waals surface area contributed by atoms with Crippen LogP contribution in [0.25, 0.3) is 0 Å². The Morgan fingerprint density at radius 1 is 0.848 bits per heavy atom. The van der Waals surface area contributed by atoms with Gasteiger partial charge in [0.1, 0.15) is 12.6 Å². The van der Waals surface area contributed by atoms with Crippen LogP contribution in [-0.4, -0.2) is 44.3 Å². The van der Waals surface area contributed by atoms with E-state index < -0.39 is 28.5 Å². The first kappa shape index (κ1) is 35.0. The van der Waals surface area contributed by atoms with E-state index in [1.807, 2.05) is 57.2 Å². The van der Waals surface area contributed by atoms with Crippen LogP contribution in [0.15, 0.2) is 102 Å². The summed E-state index contributed by atoms with van der Waals surface area (Å²) in [7, 11) is -4.18. The summed E-state index contributed by atoms with van der Waals surface area (Å²) < 4.78 is 29.5. The van der Waals surface area contributed by atoms with Gasteiger partial charge in [-0.25, -0.2) is 8.42 Å². The molecule has 0 fully saturated rings. The number of sulfonamides is 1. The summed E-state index contributed by atoms with van der Waals surface area (Å²) in [6, 6.07) is 26.8. The number of nitrogens with one attached hydrogen (secondary N) is 1. The van der Waals surface area contributed by atoms with E-state index in [9.17, 15) is 18.0 Å². The van der Waals surface area contributed by atoms with Gasteiger partial charge in [-0.15, -0.1) is 0 Å². The summed E-state index contributed by atoms with van der Waals surface area (Å²) >= 11 is 12.8. The summed E-state index contributed by atoms with van der Waals surface area (Å²) in [5.74, 6) is -0.893. The fraction of sp³-hybridized carbons (Fsp3) is 0.278. The van der Waals surface area contributed by atoms with Crippen molar-refractivity contribution in [2.45, 2.75) is 57.5 Å². The van der Waals surface area contributed by atoms with Gasteiger partial charge in [-0.3, -0.25) is 13.9 Å². The number of rotatable bonds is 14. The predicted octanol–water partition coefficient (Wildman–Crippen LogP) is 7.36. The number of hydrogen-bond acceptors (Lipinski definition) is 4. The molecule has 0 aromatic heterocycles. The minimum absolute atomic E-state index is 0.0421. The number of hydrogen-bond donors (Lipinski definition) is 1. The Labute approximate surface area is 282 Å². The van der Waals surface area contributed by atoms with Gasteiger partial charge in [0.05, 0.1) is 10.6 Å². The lowest BCUT2D eigenvalue weighted by Gasteiger charge is -2.34. The highest BCUT2D eigenvalue weighted by atomic mass is 35.5. The SMILES string of the molecule is CCCCNC(=O)C(Cc1ccccc1)N(Cc1ccc(Cl)cc1Cl)C(=O)CN(c1cc(C)cc(C)c1)S(=O)(=O)c1ccccc1. The molecule has 7 nitrogen and oxygen atoms in total. The van der Waals surface area contributed by atoms with Gasteiger partial charge < -0.3 is 10.2 Å². The third kappa shape index (κ3) is 9.12. The van der Waals surface area contributed by atoms with Crippen LogP contribution in [0.1, 0.15) is 42.0 Å². The van der Waals surface area contributed by atoms with Crippen LogP contribution in [0.2, 0.25) is 10.0 Å². The number of benzene rings is 4. The van der Waals surface area contributed by atoms with Crippen LogP contribution in [0.3, 0.4) is 0 Å². The third-order valence-electron chi connectivity index (χ3n) is 7.56. The van der Waals surface area contributed by atoms with Crippen LogP contribution in [-0.2, 0) is 32.6 Å². The summed E-state index contributed by atoms with van der Waals surface area (Å²) in [4.78, 5) is 29.9. The molecule has 0 aliphatic rings. The fourth-order valence-corrected chi connectivity index (χ4v) is 7.12.